The van der Waals surface area contributed by atoms with Gasteiger partial charge in [0.05, 0.1) is 6.04 Å². The summed E-state index contributed by atoms with van der Waals surface area (Å²) in [6, 6.07) is 11.6. The van der Waals surface area contributed by atoms with Crippen LogP contribution in [0.25, 0.3) is 0 Å². The van der Waals surface area contributed by atoms with Gasteiger partial charge in [-0.25, -0.2) is 0 Å². The van der Waals surface area contributed by atoms with Crippen LogP contribution in [-0.2, 0) is 4.79 Å². The summed E-state index contributed by atoms with van der Waals surface area (Å²) < 4.78 is 6.13. The van der Waals surface area contributed by atoms with E-state index >= 15 is 0 Å². The lowest BCUT2D eigenvalue weighted by molar-refractivity contribution is -0.123. The number of ether oxygens (including phenoxy) is 1. The number of aryl methyl sites for hydroxylation is 1. The van der Waals surface area contributed by atoms with E-state index in [4.69, 9.17) is 4.74 Å². The van der Waals surface area contributed by atoms with Gasteiger partial charge >= 0.3 is 0 Å². The summed E-state index contributed by atoms with van der Waals surface area (Å²) in [5.74, 6) is 1.03. The predicted octanol–water partition coefficient (Wildman–Crippen LogP) is 3.28. The maximum Gasteiger partial charge on any atom is 0.243 e. The molecule has 1 aliphatic heterocycles. The third-order valence-electron chi connectivity index (χ3n) is 5.12. The molecule has 2 heterocycles. The number of carbonyl (C=O) groups excluding carboxylic acids is 1. The summed E-state index contributed by atoms with van der Waals surface area (Å²) >= 11 is 0. The van der Waals surface area contributed by atoms with Crippen LogP contribution in [0, 0.1) is 6.92 Å². The summed E-state index contributed by atoms with van der Waals surface area (Å²) in [4.78, 5) is 20.9. The number of hydrogen-bond acceptors (Lipinski definition) is 4. The highest BCUT2D eigenvalue weighted by atomic mass is 16.5. The Morgan fingerprint density at radius 2 is 1.92 bits per heavy atom. The van der Waals surface area contributed by atoms with Crippen molar-refractivity contribution < 1.29 is 9.53 Å². The van der Waals surface area contributed by atoms with Crippen molar-refractivity contribution in [2.24, 2.45) is 0 Å². The second kappa shape index (κ2) is 8.32. The number of rotatable bonds is 5. The van der Waals surface area contributed by atoms with Crippen LogP contribution < -0.4 is 9.64 Å². The smallest absolute Gasteiger partial charge is 0.243 e. The normalized spacial score (nSPS) is 16.9. The van der Waals surface area contributed by atoms with Crippen molar-refractivity contribution in [2.45, 2.75) is 38.8 Å². The number of piperidine rings is 1. The molecule has 138 valence electrons. The summed E-state index contributed by atoms with van der Waals surface area (Å²) in [6.07, 6.45) is 5.63. The van der Waals surface area contributed by atoms with E-state index in [9.17, 15) is 4.79 Å². The van der Waals surface area contributed by atoms with Crippen LogP contribution in [0.2, 0.25) is 0 Å². The Kier molecular flexibility index (Phi) is 5.89. The van der Waals surface area contributed by atoms with E-state index < -0.39 is 0 Å². The highest BCUT2D eigenvalue weighted by molar-refractivity contribution is 5.96. The van der Waals surface area contributed by atoms with E-state index in [0.717, 1.165) is 42.9 Å². The molecule has 1 unspecified atom stereocenters. The molecule has 0 spiro atoms. The van der Waals surface area contributed by atoms with Gasteiger partial charge in [-0.3, -0.25) is 14.7 Å². The van der Waals surface area contributed by atoms with Gasteiger partial charge in [-0.2, -0.15) is 0 Å². The minimum Gasteiger partial charge on any atom is -0.490 e. The fourth-order valence-electron chi connectivity index (χ4n) is 3.37. The molecule has 3 rings (SSSR count). The molecule has 0 bridgehead atoms. The lowest BCUT2D eigenvalue weighted by atomic mass is 10.0. The van der Waals surface area contributed by atoms with Crippen LogP contribution in [-0.4, -0.2) is 48.1 Å². The first-order chi connectivity index (χ1) is 12.6. The maximum absolute atomic E-state index is 12.8. The Labute approximate surface area is 155 Å². The van der Waals surface area contributed by atoms with Crippen LogP contribution >= 0.6 is 0 Å². The molecule has 2 aromatic rings. The number of amides is 1. The van der Waals surface area contributed by atoms with Crippen molar-refractivity contribution in [2.75, 3.05) is 25.0 Å². The zero-order valence-corrected chi connectivity index (χ0v) is 15.8. The Morgan fingerprint density at radius 3 is 2.58 bits per heavy atom. The van der Waals surface area contributed by atoms with E-state index in [1.807, 2.05) is 63.5 Å². The first kappa shape index (κ1) is 18.4. The first-order valence-corrected chi connectivity index (χ1v) is 9.20. The number of hydrogen-bond donors (Lipinski definition) is 0. The summed E-state index contributed by atoms with van der Waals surface area (Å²) in [6.45, 7) is 5.74. The van der Waals surface area contributed by atoms with Crippen LogP contribution in [0.15, 0.2) is 48.8 Å². The Morgan fingerprint density at radius 1 is 1.23 bits per heavy atom. The molecule has 1 aromatic carbocycles. The second-order valence-electron chi connectivity index (χ2n) is 6.90. The molecule has 0 saturated carbocycles. The molecule has 0 N–H and O–H groups in total. The highest BCUT2D eigenvalue weighted by Crippen LogP contribution is 2.23. The van der Waals surface area contributed by atoms with E-state index in [1.165, 1.54) is 0 Å². The molecular weight excluding hydrogens is 326 g/mol. The van der Waals surface area contributed by atoms with Crippen molar-refractivity contribution in [1.82, 2.24) is 9.88 Å². The van der Waals surface area contributed by atoms with E-state index in [0.29, 0.717) is 0 Å². The van der Waals surface area contributed by atoms with E-state index in [1.54, 1.807) is 11.1 Å². The lowest BCUT2D eigenvalue weighted by Gasteiger charge is -2.36. The van der Waals surface area contributed by atoms with Crippen molar-refractivity contribution >= 4 is 11.6 Å². The van der Waals surface area contributed by atoms with E-state index in [-0.39, 0.29) is 18.1 Å². The number of benzene rings is 1. The number of para-hydroxylation sites is 1. The van der Waals surface area contributed by atoms with Gasteiger partial charge in [-0.05, 0) is 44.9 Å². The second-order valence-corrected chi connectivity index (χ2v) is 6.90. The summed E-state index contributed by atoms with van der Waals surface area (Å²) in [5, 5.41) is 0. The Balaban J connectivity index is 1.54. The van der Waals surface area contributed by atoms with Crippen molar-refractivity contribution in [3.05, 3.63) is 54.4 Å². The van der Waals surface area contributed by atoms with Crippen LogP contribution in [0.3, 0.4) is 0 Å². The first-order valence-electron chi connectivity index (χ1n) is 9.20. The molecular formula is C21H27N3O2. The van der Waals surface area contributed by atoms with Gasteiger partial charge in [-0.15, -0.1) is 0 Å². The third kappa shape index (κ3) is 4.22. The number of aromatic nitrogens is 1. The van der Waals surface area contributed by atoms with Gasteiger partial charge in [0.2, 0.25) is 5.91 Å². The highest BCUT2D eigenvalue weighted by Gasteiger charge is 2.29. The molecule has 1 aromatic heterocycles. The number of likely N-dealkylation sites (N-methyl/N-ethyl adjacent to an activating group) is 1. The fourth-order valence-corrected chi connectivity index (χ4v) is 3.37. The SMILES string of the molecule is Cc1cnccc1OC1CCN(C(C)C(=O)N(C)c2ccccc2)CC1. The average molecular weight is 353 g/mol. The molecule has 26 heavy (non-hydrogen) atoms. The zero-order valence-electron chi connectivity index (χ0n) is 15.8. The third-order valence-corrected chi connectivity index (χ3v) is 5.12. The molecule has 1 fully saturated rings. The monoisotopic (exact) mass is 353 g/mol. The fraction of sp³-hybridized carbons (Fsp3) is 0.429. The van der Waals surface area contributed by atoms with Gasteiger partial charge in [0.15, 0.2) is 0 Å². The Hall–Kier alpha value is -2.40. The molecule has 1 atom stereocenters. The number of carbonyl (C=O) groups is 1. The molecule has 0 radical (unpaired) electrons. The van der Waals surface area contributed by atoms with Crippen molar-refractivity contribution in [3.63, 3.8) is 0 Å². The van der Waals surface area contributed by atoms with Gasteiger partial charge in [0.25, 0.3) is 0 Å². The van der Waals surface area contributed by atoms with Crippen LogP contribution in [0.5, 0.6) is 5.75 Å². The number of likely N-dealkylation sites (tertiary alicyclic amines) is 1. The molecule has 1 amide bonds. The topological polar surface area (TPSA) is 45.7 Å². The Bertz CT molecular complexity index is 727. The number of anilines is 1. The maximum atomic E-state index is 12.8. The molecule has 0 aliphatic carbocycles. The van der Waals surface area contributed by atoms with Crippen molar-refractivity contribution in [1.29, 1.82) is 0 Å². The zero-order chi connectivity index (χ0) is 18.5. The predicted molar refractivity (Wildman–Crippen MR) is 104 cm³/mol. The molecule has 5 nitrogen and oxygen atoms in total. The van der Waals surface area contributed by atoms with Crippen LogP contribution in [0.4, 0.5) is 5.69 Å². The van der Waals surface area contributed by atoms with Gasteiger partial charge in [-0.1, -0.05) is 18.2 Å². The van der Waals surface area contributed by atoms with Crippen molar-refractivity contribution in [3.8, 4) is 5.75 Å². The quantitative estimate of drug-likeness (QED) is 0.827. The minimum atomic E-state index is -0.135. The standard InChI is InChI=1S/C21H27N3O2/c1-16-15-22-12-9-20(16)26-19-10-13-24(14-11-19)17(2)21(25)23(3)18-7-5-4-6-8-18/h4-9,12,15,17,19H,10-11,13-14H2,1-3H3. The number of nitrogens with zero attached hydrogens (tertiary/aromatic N) is 3. The molecule has 5 heteroatoms. The van der Waals surface area contributed by atoms with Gasteiger partial charge in [0.1, 0.15) is 11.9 Å². The average Bonchev–Trinajstić information content (AvgIpc) is 2.69. The minimum absolute atomic E-state index is 0.126. The molecule has 1 saturated heterocycles. The van der Waals surface area contributed by atoms with Crippen LogP contribution in [0.1, 0.15) is 25.3 Å². The van der Waals surface area contributed by atoms with E-state index in [2.05, 4.69) is 9.88 Å². The molecule has 1 aliphatic rings. The lowest BCUT2D eigenvalue weighted by Crippen LogP contribution is -2.50. The largest absolute Gasteiger partial charge is 0.490 e. The van der Waals surface area contributed by atoms with Gasteiger partial charge < -0.3 is 9.64 Å². The summed E-state index contributed by atoms with van der Waals surface area (Å²) in [5.41, 5.74) is 1.98. The summed E-state index contributed by atoms with van der Waals surface area (Å²) in [7, 11) is 1.84. The number of pyridine rings is 1. The van der Waals surface area contributed by atoms with Gasteiger partial charge in [0, 0.05) is 43.8 Å².